The Morgan fingerprint density at radius 2 is 1.88 bits per heavy atom. The van der Waals surface area contributed by atoms with Gasteiger partial charge in [0.15, 0.2) is 0 Å². The summed E-state index contributed by atoms with van der Waals surface area (Å²) >= 11 is 1.07. The first-order valence-electron chi connectivity index (χ1n) is 8.07. The van der Waals surface area contributed by atoms with Crippen LogP contribution in [0.1, 0.15) is 66.4 Å². The molecule has 134 valence electrons. The number of thiazole rings is 1. The number of rotatable bonds is 9. The van der Waals surface area contributed by atoms with Gasteiger partial charge in [0.25, 0.3) is 0 Å². The summed E-state index contributed by atoms with van der Waals surface area (Å²) in [5, 5.41) is 12.4. The largest absolute Gasteiger partial charge is 0.477 e. The summed E-state index contributed by atoms with van der Waals surface area (Å²) in [5.74, 6) is -1.12. The molecule has 0 aliphatic carbocycles. The van der Waals surface area contributed by atoms with Crippen molar-refractivity contribution in [2.45, 2.75) is 53.0 Å². The van der Waals surface area contributed by atoms with Crippen molar-refractivity contribution in [3.8, 4) is 0 Å². The summed E-state index contributed by atoms with van der Waals surface area (Å²) in [4.78, 5) is 41.0. The van der Waals surface area contributed by atoms with Crippen LogP contribution in [0.25, 0.3) is 0 Å². The van der Waals surface area contributed by atoms with E-state index in [1.54, 1.807) is 18.7 Å². The average Bonchev–Trinajstić information content (AvgIpc) is 2.90. The molecule has 1 atom stereocenters. The number of aromatic nitrogens is 1. The molecule has 0 aromatic carbocycles. The van der Waals surface area contributed by atoms with E-state index >= 15 is 0 Å². The highest BCUT2D eigenvalue weighted by Gasteiger charge is 2.19. The average molecular weight is 355 g/mol. The molecule has 0 spiro atoms. The number of carbonyl (C=O) groups is 3. The number of amides is 2. The quantitative estimate of drug-likeness (QED) is 0.708. The molecule has 1 unspecified atom stereocenters. The first-order valence-corrected chi connectivity index (χ1v) is 8.89. The molecule has 0 fully saturated rings. The highest BCUT2D eigenvalue weighted by Crippen LogP contribution is 2.23. The topological polar surface area (TPSA) is 99.6 Å². The van der Waals surface area contributed by atoms with Gasteiger partial charge in [-0.05, 0) is 34.1 Å². The van der Waals surface area contributed by atoms with Crippen LogP contribution in [0.4, 0.5) is 0 Å². The monoisotopic (exact) mass is 355 g/mol. The van der Waals surface area contributed by atoms with E-state index in [-0.39, 0.29) is 29.2 Å². The van der Waals surface area contributed by atoms with Crippen molar-refractivity contribution >= 4 is 29.1 Å². The molecule has 0 saturated carbocycles. The number of carbonyl (C=O) groups excluding carboxylic acids is 2. The number of carboxylic acids is 1. The predicted molar refractivity (Wildman–Crippen MR) is 92.1 cm³/mol. The van der Waals surface area contributed by atoms with Gasteiger partial charge in [0.2, 0.25) is 11.8 Å². The van der Waals surface area contributed by atoms with Gasteiger partial charge < -0.3 is 15.3 Å². The number of hydrogen-bond donors (Lipinski definition) is 2. The minimum atomic E-state index is -1.01. The van der Waals surface area contributed by atoms with Crippen LogP contribution in [-0.4, -0.2) is 45.9 Å². The van der Waals surface area contributed by atoms with Crippen LogP contribution in [-0.2, 0) is 9.59 Å². The third kappa shape index (κ3) is 5.59. The minimum Gasteiger partial charge on any atom is -0.477 e. The van der Waals surface area contributed by atoms with E-state index in [0.29, 0.717) is 36.6 Å². The van der Waals surface area contributed by atoms with Gasteiger partial charge in [0.05, 0.1) is 11.7 Å². The minimum absolute atomic E-state index is 0.0579. The molecule has 1 aromatic heterocycles. The van der Waals surface area contributed by atoms with Gasteiger partial charge in [-0.15, -0.1) is 11.3 Å². The Hall–Kier alpha value is -1.96. The summed E-state index contributed by atoms with van der Waals surface area (Å²) in [5.41, 5.74) is 0.452. The van der Waals surface area contributed by atoms with E-state index in [9.17, 15) is 14.4 Å². The molecule has 0 aliphatic rings. The predicted octanol–water partition coefficient (Wildman–Crippen LogP) is 2.37. The fourth-order valence-electron chi connectivity index (χ4n) is 2.31. The van der Waals surface area contributed by atoms with Crippen LogP contribution in [0.2, 0.25) is 0 Å². The fourth-order valence-corrected chi connectivity index (χ4v) is 3.22. The molecule has 2 amide bonds. The molecule has 0 aliphatic heterocycles. The van der Waals surface area contributed by atoms with Crippen LogP contribution in [0, 0.1) is 6.92 Å². The molecule has 1 heterocycles. The highest BCUT2D eigenvalue weighted by atomic mass is 32.1. The van der Waals surface area contributed by atoms with Gasteiger partial charge in [-0.25, -0.2) is 9.78 Å². The van der Waals surface area contributed by atoms with E-state index in [0.717, 1.165) is 11.3 Å². The zero-order valence-electron chi connectivity index (χ0n) is 14.6. The maximum Gasteiger partial charge on any atom is 0.347 e. The Bertz CT molecular complexity index is 596. The maximum absolute atomic E-state index is 12.0. The van der Waals surface area contributed by atoms with E-state index in [1.165, 1.54) is 0 Å². The van der Waals surface area contributed by atoms with E-state index in [1.807, 2.05) is 13.8 Å². The van der Waals surface area contributed by atoms with Crippen LogP contribution in [0.3, 0.4) is 0 Å². The SMILES string of the molecule is CCN(CC)C(=O)CCCC(=O)NC(C)c1nc(C)c(C(=O)O)s1. The van der Waals surface area contributed by atoms with Crippen molar-refractivity contribution in [1.82, 2.24) is 15.2 Å². The zero-order valence-corrected chi connectivity index (χ0v) is 15.4. The fraction of sp³-hybridized carbons (Fsp3) is 0.625. The Morgan fingerprint density at radius 1 is 1.25 bits per heavy atom. The molecule has 24 heavy (non-hydrogen) atoms. The Morgan fingerprint density at radius 3 is 2.38 bits per heavy atom. The lowest BCUT2D eigenvalue weighted by atomic mass is 10.2. The Labute approximate surface area is 146 Å². The third-order valence-electron chi connectivity index (χ3n) is 3.67. The van der Waals surface area contributed by atoms with Gasteiger partial charge in [0, 0.05) is 25.9 Å². The highest BCUT2D eigenvalue weighted by molar-refractivity contribution is 7.13. The molecule has 1 rings (SSSR count). The van der Waals surface area contributed by atoms with Gasteiger partial charge in [-0.1, -0.05) is 0 Å². The number of nitrogens with one attached hydrogen (secondary N) is 1. The number of nitrogens with zero attached hydrogens (tertiary/aromatic N) is 2. The van der Waals surface area contributed by atoms with E-state index in [2.05, 4.69) is 10.3 Å². The molecular weight excluding hydrogens is 330 g/mol. The number of aromatic carboxylic acids is 1. The molecule has 0 bridgehead atoms. The van der Waals surface area contributed by atoms with Crippen molar-refractivity contribution in [1.29, 1.82) is 0 Å². The van der Waals surface area contributed by atoms with Crippen molar-refractivity contribution in [3.05, 3.63) is 15.6 Å². The number of hydrogen-bond acceptors (Lipinski definition) is 5. The Kier molecular flexibility index (Phi) is 7.84. The summed E-state index contributed by atoms with van der Waals surface area (Å²) < 4.78 is 0. The number of aryl methyl sites for hydroxylation is 1. The summed E-state index contributed by atoms with van der Waals surface area (Å²) in [7, 11) is 0. The zero-order chi connectivity index (χ0) is 18.3. The Balaban J connectivity index is 2.46. The molecule has 1 aromatic rings. The normalized spacial score (nSPS) is 11.8. The lowest BCUT2D eigenvalue weighted by Gasteiger charge is -2.18. The van der Waals surface area contributed by atoms with Crippen LogP contribution < -0.4 is 5.32 Å². The van der Waals surface area contributed by atoms with Gasteiger partial charge >= 0.3 is 5.97 Å². The second-order valence-corrected chi connectivity index (χ2v) is 6.51. The molecule has 0 saturated heterocycles. The van der Waals surface area contributed by atoms with Crippen LogP contribution >= 0.6 is 11.3 Å². The molecular formula is C16H25N3O4S. The van der Waals surface area contributed by atoms with Crippen LogP contribution in [0.15, 0.2) is 0 Å². The van der Waals surface area contributed by atoms with Gasteiger partial charge in [0.1, 0.15) is 9.88 Å². The molecule has 0 radical (unpaired) electrons. The smallest absolute Gasteiger partial charge is 0.347 e. The van der Waals surface area contributed by atoms with Gasteiger partial charge in [-0.3, -0.25) is 9.59 Å². The third-order valence-corrected chi connectivity index (χ3v) is 4.99. The molecule has 2 N–H and O–H groups in total. The molecule has 7 nitrogen and oxygen atoms in total. The second kappa shape index (κ2) is 9.36. The second-order valence-electron chi connectivity index (χ2n) is 5.48. The van der Waals surface area contributed by atoms with Crippen molar-refractivity contribution in [2.24, 2.45) is 0 Å². The van der Waals surface area contributed by atoms with Gasteiger partial charge in [-0.2, -0.15) is 0 Å². The molecule has 8 heteroatoms. The van der Waals surface area contributed by atoms with Crippen LogP contribution in [0.5, 0.6) is 0 Å². The first kappa shape index (κ1) is 20.1. The maximum atomic E-state index is 12.0. The lowest BCUT2D eigenvalue weighted by Crippen LogP contribution is -2.31. The standard InChI is InChI=1S/C16H25N3O4S/c1-5-19(6-2)13(21)9-7-8-12(20)17-11(4)15-18-10(3)14(24-15)16(22)23/h11H,5-9H2,1-4H3,(H,17,20)(H,22,23). The van der Waals surface area contributed by atoms with Crippen molar-refractivity contribution in [2.75, 3.05) is 13.1 Å². The summed E-state index contributed by atoms with van der Waals surface area (Å²) in [6.07, 6.45) is 1.10. The van der Waals surface area contributed by atoms with Crippen molar-refractivity contribution < 1.29 is 19.5 Å². The first-order chi connectivity index (χ1) is 11.3. The summed E-state index contributed by atoms with van der Waals surface area (Å²) in [6.45, 7) is 8.61. The van der Waals surface area contributed by atoms with E-state index < -0.39 is 5.97 Å². The summed E-state index contributed by atoms with van der Waals surface area (Å²) in [6, 6.07) is -0.354. The lowest BCUT2D eigenvalue weighted by molar-refractivity contribution is -0.131. The van der Waals surface area contributed by atoms with E-state index in [4.69, 9.17) is 5.11 Å². The number of carboxylic acid groups (broad SMARTS) is 1. The van der Waals surface area contributed by atoms with Crippen molar-refractivity contribution in [3.63, 3.8) is 0 Å².